The lowest BCUT2D eigenvalue weighted by molar-refractivity contribution is 0.271. The first-order valence-electron chi connectivity index (χ1n) is 16.7. The Morgan fingerprint density at radius 2 is 1.53 bits per heavy atom. The van der Waals surface area contributed by atoms with Crippen molar-refractivity contribution in [2.45, 2.75) is 37.6 Å². The molecule has 1 saturated heterocycles. The molecule has 47 heavy (non-hydrogen) atoms. The molecule has 2 heterocycles. The highest BCUT2D eigenvalue weighted by atomic mass is 15.9. The van der Waals surface area contributed by atoms with Gasteiger partial charge in [-0.15, -0.1) is 0 Å². The van der Waals surface area contributed by atoms with Crippen LogP contribution in [0.1, 0.15) is 63.6 Å². The molecular weight excluding hydrogens is 573 g/mol. The Hall–Kier alpha value is -5.16. The van der Waals surface area contributed by atoms with Gasteiger partial charge < -0.3 is 5.73 Å². The van der Waals surface area contributed by atoms with Crippen LogP contribution in [-0.2, 0) is 13.0 Å². The number of nitrogens with zero attached hydrogens (tertiary/aromatic N) is 3. The third-order valence-electron chi connectivity index (χ3n) is 10.4. The fourth-order valence-electron chi connectivity index (χ4n) is 8.15. The van der Waals surface area contributed by atoms with Crippen LogP contribution in [0, 0.1) is 0 Å². The van der Waals surface area contributed by atoms with E-state index < -0.39 is 0 Å². The van der Waals surface area contributed by atoms with Crippen molar-refractivity contribution in [1.82, 2.24) is 9.91 Å². The zero-order chi connectivity index (χ0) is 31.5. The van der Waals surface area contributed by atoms with Crippen LogP contribution >= 0.6 is 0 Å². The highest BCUT2D eigenvalue weighted by Crippen LogP contribution is 2.61. The summed E-state index contributed by atoms with van der Waals surface area (Å²) in [7, 11) is 2.22. The fraction of sp³-hybridized carbons (Fsp3) is 0.163. The molecule has 4 unspecified atom stereocenters. The van der Waals surface area contributed by atoms with Gasteiger partial charge in [0.15, 0.2) is 0 Å². The van der Waals surface area contributed by atoms with E-state index in [1.807, 2.05) is 12.1 Å². The molecule has 4 heteroatoms. The van der Waals surface area contributed by atoms with Gasteiger partial charge in [-0.2, -0.15) is 5.01 Å². The van der Waals surface area contributed by atoms with Crippen molar-refractivity contribution in [2.75, 3.05) is 17.8 Å². The average Bonchev–Trinajstić information content (AvgIpc) is 3.75. The van der Waals surface area contributed by atoms with E-state index in [-0.39, 0.29) is 18.2 Å². The van der Waals surface area contributed by atoms with Crippen LogP contribution in [0.3, 0.4) is 0 Å². The van der Waals surface area contributed by atoms with Crippen molar-refractivity contribution in [3.8, 4) is 0 Å². The van der Waals surface area contributed by atoms with E-state index in [1.54, 1.807) is 0 Å². The number of fused-ring (bicyclic) bond motifs is 5. The van der Waals surface area contributed by atoms with E-state index >= 15 is 0 Å². The maximum absolute atomic E-state index is 6.69. The fourth-order valence-corrected chi connectivity index (χ4v) is 8.15. The smallest absolute Gasteiger partial charge is 0.141 e. The molecule has 9 rings (SSSR count). The topological polar surface area (TPSA) is 35.3 Å². The Balaban J connectivity index is 1.07. The van der Waals surface area contributed by atoms with E-state index in [1.165, 1.54) is 55.4 Å². The second kappa shape index (κ2) is 11.3. The van der Waals surface area contributed by atoms with Crippen LogP contribution in [0.15, 0.2) is 145 Å². The Kier molecular flexibility index (Phi) is 6.74. The summed E-state index contributed by atoms with van der Waals surface area (Å²) in [6.07, 6.45) is 4.83. The van der Waals surface area contributed by atoms with E-state index in [4.69, 9.17) is 5.73 Å². The summed E-state index contributed by atoms with van der Waals surface area (Å²) >= 11 is 0. The summed E-state index contributed by atoms with van der Waals surface area (Å²) in [6, 6.07) is 51.0. The van der Waals surface area contributed by atoms with Crippen molar-refractivity contribution in [1.29, 1.82) is 0 Å². The van der Waals surface area contributed by atoms with Crippen molar-refractivity contribution in [3.05, 3.63) is 184 Å². The van der Waals surface area contributed by atoms with Gasteiger partial charge >= 0.3 is 0 Å². The van der Waals surface area contributed by atoms with Crippen LogP contribution in [0.4, 0.5) is 11.4 Å². The molecule has 1 fully saturated rings. The second-order valence-corrected chi connectivity index (χ2v) is 13.3. The molecule has 2 aliphatic heterocycles. The number of anilines is 2. The normalized spacial score (nSPS) is 20.0. The van der Waals surface area contributed by atoms with Crippen LogP contribution in [0.5, 0.6) is 0 Å². The third kappa shape index (κ3) is 4.84. The summed E-state index contributed by atoms with van der Waals surface area (Å²) in [5, 5.41) is 7.63. The van der Waals surface area contributed by atoms with E-state index in [9.17, 15) is 0 Å². The molecule has 6 aromatic carbocycles. The predicted octanol–water partition coefficient (Wildman–Crippen LogP) is 9.46. The minimum atomic E-state index is 0.00634. The van der Waals surface area contributed by atoms with Gasteiger partial charge in [0.05, 0.1) is 17.8 Å². The van der Waals surface area contributed by atoms with E-state index in [0.29, 0.717) is 0 Å². The first-order valence-corrected chi connectivity index (χ1v) is 16.7. The molecule has 0 amide bonds. The molecule has 1 aliphatic carbocycles. The Morgan fingerprint density at radius 3 is 2.45 bits per heavy atom. The van der Waals surface area contributed by atoms with Crippen LogP contribution in [0.2, 0.25) is 0 Å². The highest BCUT2D eigenvalue weighted by molar-refractivity contribution is 5.83. The minimum absolute atomic E-state index is 0.00634. The Morgan fingerprint density at radius 1 is 0.745 bits per heavy atom. The number of para-hydroxylation sites is 2. The highest BCUT2D eigenvalue weighted by Gasteiger charge is 2.58. The largest absolute Gasteiger partial charge is 0.398 e. The van der Waals surface area contributed by atoms with Crippen molar-refractivity contribution in [3.63, 3.8) is 0 Å². The van der Waals surface area contributed by atoms with Crippen molar-refractivity contribution < 1.29 is 0 Å². The monoisotopic (exact) mass is 610 g/mol. The van der Waals surface area contributed by atoms with Crippen LogP contribution < -0.4 is 10.7 Å². The zero-order valence-electron chi connectivity index (χ0n) is 26.6. The Labute approximate surface area is 277 Å². The van der Waals surface area contributed by atoms with Crippen LogP contribution in [-0.4, -0.2) is 17.0 Å². The van der Waals surface area contributed by atoms with Gasteiger partial charge in [-0.3, -0.25) is 9.91 Å². The van der Waals surface area contributed by atoms with Gasteiger partial charge in [-0.1, -0.05) is 127 Å². The van der Waals surface area contributed by atoms with Crippen molar-refractivity contribution >= 4 is 28.2 Å². The van der Waals surface area contributed by atoms with Gasteiger partial charge in [0.1, 0.15) is 6.17 Å². The Bertz CT molecular complexity index is 2170. The lowest BCUT2D eigenvalue weighted by Gasteiger charge is -2.30. The first-order chi connectivity index (χ1) is 23.1. The number of nitrogen functional groups attached to an aromatic ring is 1. The number of benzene rings is 6. The van der Waals surface area contributed by atoms with Gasteiger partial charge in [0.2, 0.25) is 0 Å². The van der Waals surface area contributed by atoms with Crippen LogP contribution in [0.25, 0.3) is 16.8 Å². The maximum atomic E-state index is 6.69. The lowest BCUT2D eigenvalue weighted by Crippen LogP contribution is -2.26. The number of hydrazine groups is 1. The minimum Gasteiger partial charge on any atom is -0.398 e. The third-order valence-corrected chi connectivity index (χ3v) is 10.4. The van der Waals surface area contributed by atoms with E-state index in [2.05, 4.69) is 155 Å². The lowest BCUT2D eigenvalue weighted by atomic mass is 9.85. The molecule has 0 aromatic heterocycles. The SMILES string of the molecule is CN(Cc1ccc2ccccc2c1)C(c1cccc(C2N3c4ccccc4C(C4=Cc5ccccc5CC4)N23)c1)c1ccccc1N. The summed E-state index contributed by atoms with van der Waals surface area (Å²) in [5.74, 6) is 0. The number of hydrogen-bond acceptors (Lipinski definition) is 4. The molecule has 3 aliphatic rings. The molecule has 230 valence electrons. The average molecular weight is 611 g/mol. The summed E-state index contributed by atoms with van der Waals surface area (Å²) in [5.41, 5.74) is 19.6. The molecule has 0 saturated carbocycles. The molecule has 0 spiro atoms. The molecule has 2 N–H and O–H groups in total. The molecule has 4 nitrogen and oxygen atoms in total. The number of aryl methyl sites for hydroxylation is 1. The summed E-state index contributed by atoms with van der Waals surface area (Å²) in [4.78, 5) is 2.44. The number of rotatable bonds is 7. The summed E-state index contributed by atoms with van der Waals surface area (Å²) < 4.78 is 0. The zero-order valence-corrected chi connectivity index (χ0v) is 26.6. The van der Waals surface area contributed by atoms with E-state index in [0.717, 1.165) is 30.6 Å². The molecular formula is C43H38N4. The van der Waals surface area contributed by atoms with Crippen molar-refractivity contribution in [2.24, 2.45) is 0 Å². The first kappa shape index (κ1) is 28.1. The molecule has 6 aromatic rings. The molecule has 0 bridgehead atoms. The van der Waals surface area contributed by atoms with Gasteiger partial charge in [0, 0.05) is 17.8 Å². The quantitative estimate of drug-likeness (QED) is 0.144. The standard InChI is InChI=1S/C43H38N4/c1-45(28-29-21-22-30-11-2-4-13-32(30)25-29)41(37-17-6-8-19-39(37)44)34-15-10-16-36(27-34)43-46-40-20-9-7-18-38(40)42(47(43)46)35-24-23-31-12-3-5-14-33(31)26-35/h2-22,25-27,41-43H,23-24,28,44H2,1H3. The van der Waals surface area contributed by atoms with Gasteiger partial charge in [0.25, 0.3) is 0 Å². The molecule has 0 radical (unpaired) electrons. The summed E-state index contributed by atoms with van der Waals surface area (Å²) in [6.45, 7) is 0.806. The van der Waals surface area contributed by atoms with Gasteiger partial charge in [-0.25, -0.2) is 0 Å². The second-order valence-electron chi connectivity index (χ2n) is 13.3. The molecule has 4 atom stereocenters. The number of nitrogens with two attached hydrogens (primary N) is 1. The predicted molar refractivity (Wildman–Crippen MR) is 194 cm³/mol. The number of hydrogen-bond donors (Lipinski definition) is 1. The maximum Gasteiger partial charge on any atom is 0.141 e. The van der Waals surface area contributed by atoms with Gasteiger partial charge in [-0.05, 0) is 87.8 Å².